The Morgan fingerprint density at radius 3 is 2.30 bits per heavy atom. The molecule has 0 N–H and O–H groups in total. The smallest absolute Gasteiger partial charge is 0.193 e. The molecule has 0 saturated heterocycles. The van der Waals surface area contributed by atoms with Crippen molar-refractivity contribution in [3.05, 3.63) is 77.9 Å². The fraction of sp³-hybridized carbons (Fsp3) is 0.0500. The topological polar surface area (TPSA) is 26.3 Å². The molecule has 0 bridgehead atoms. The van der Waals surface area contributed by atoms with E-state index in [1.165, 1.54) is 15.5 Å². The Kier molecular flexibility index (Phi) is 3.36. The Bertz CT molecular complexity index is 1010. The van der Waals surface area contributed by atoms with Gasteiger partial charge in [-0.15, -0.1) is 11.3 Å². The molecular formula is C20H14O2S. The lowest BCUT2D eigenvalue weighted by Crippen LogP contribution is -2.00. The van der Waals surface area contributed by atoms with Crippen molar-refractivity contribution in [3.8, 4) is 5.75 Å². The summed E-state index contributed by atoms with van der Waals surface area (Å²) >= 11 is 1.72. The number of hydrogen-bond acceptors (Lipinski definition) is 3. The second kappa shape index (κ2) is 5.52. The fourth-order valence-corrected chi connectivity index (χ4v) is 3.92. The number of rotatable bonds is 3. The predicted octanol–water partition coefficient (Wildman–Crippen LogP) is 5.29. The van der Waals surface area contributed by atoms with Gasteiger partial charge in [-0.25, -0.2) is 0 Å². The third-order valence-electron chi connectivity index (χ3n) is 3.99. The van der Waals surface area contributed by atoms with E-state index in [0.717, 1.165) is 10.4 Å². The van der Waals surface area contributed by atoms with Gasteiger partial charge in [0.1, 0.15) is 5.75 Å². The van der Waals surface area contributed by atoms with E-state index in [1.807, 2.05) is 42.5 Å². The van der Waals surface area contributed by atoms with Crippen LogP contribution in [0.5, 0.6) is 5.75 Å². The van der Waals surface area contributed by atoms with Crippen LogP contribution in [0.1, 0.15) is 15.9 Å². The summed E-state index contributed by atoms with van der Waals surface area (Å²) in [5.41, 5.74) is 1.39. The highest BCUT2D eigenvalue weighted by Crippen LogP contribution is 2.34. The number of thiophene rings is 1. The van der Waals surface area contributed by atoms with Crippen LogP contribution in [0.15, 0.2) is 66.7 Å². The van der Waals surface area contributed by atoms with Gasteiger partial charge in [0, 0.05) is 31.3 Å². The second-order valence-corrected chi connectivity index (χ2v) is 6.45. The zero-order chi connectivity index (χ0) is 15.8. The van der Waals surface area contributed by atoms with Crippen molar-refractivity contribution in [2.45, 2.75) is 0 Å². The summed E-state index contributed by atoms with van der Waals surface area (Å²) in [5.74, 6) is 0.786. The molecule has 3 aromatic carbocycles. The van der Waals surface area contributed by atoms with Crippen LogP contribution in [0.2, 0.25) is 0 Å². The number of hydrogen-bond donors (Lipinski definition) is 0. The van der Waals surface area contributed by atoms with Crippen LogP contribution in [0.25, 0.3) is 20.2 Å². The fourth-order valence-electron chi connectivity index (χ4n) is 2.78. The number of benzene rings is 3. The van der Waals surface area contributed by atoms with Crippen molar-refractivity contribution in [3.63, 3.8) is 0 Å². The van der Waals surface area contributed by atoms with Crippen molar-refractivity contribution >= 4 is 37.3 Å². The van der Waals surface area contributed by atoms with Gasteiger partial charge in [-0.2, -0.15) is 0 Å². The van der Waals surface area contributed by atoms with Gasteiger partial charge in [-0.05, 0) is 36.4 Å². The number of carbonyl (C=O) groups excluding carboxylic acids is 1. The Morgan fingerprint density at radius 2 is 1.52 bits per heavy atom. The van der Waals surface area contributed by atoms with Crippen LogP contribution in [-0.2, 0) is 0 Å². The van der Waals surface area contributed by atoms with Gasteiger partial charge in [0.2, 0.25) is 0 Å². The molecule has 0 unspecified atom stereocenters. The summed E-state index contributed by atoms with van der Waals surface area (Å²) in [4.78, 5) is 12.7. The molecular weight excluding hydrogens is 304 g/mol. The molecule has 0 atom stereocenters. The number of methoxy groups -OCH3 is 1. The molecule has 4 rings (SSSR count). The van der Waals surface area contributed by atoms with E-state index in [2.05, 4.69) is 12.1 Å². The highest BCUT2D eigenvalue weighted by atomic mass is 32.1. The van der Waals surface area contributed by atoms with Crippen molar-refractivity contribution in [2.75, 3.05) is 7.11 Å². The van der Waals surface area contributed by atoms with E-state index in [9.17, 15) is 4.79 Å². The Balaban J connectivity index is 1.78. The Hall–Kier alpha value is -2.65. The first kappa shape index (κ1) is 14.0. The van der Waals surface area contributed by atoms with Crippen LogP contribution >= 0.6 is 11.3 Å². The van der Waals surface area contributed by atoms with Crippen LogP contribution in [0.3, 0.4) is 0 Å². The third-order valence-corrected chi connectivity index (χ3v) is 5.13. The zero-order valence-corrected chi connectivity index (χ0v) is 13.4. The highest BCUT2D eigenvalue weighted by Gasteiger charge is 2.12. The molecule has 0 radical (unpaired) electrons. The number of carbonyl (C=O) groups is 1. The average Bonchev–Trinajstić information content (AvgIpc) is 2.99. The summed E-state index contributed by atoms with van der Waals surface area (Å²) in [6, 6.07) is 21.5. The number of ether oxygens (including phenoxy) is 1. The molecule has 0 fully saturated rings. The second-order valence-electron chi connectivity index (χ2n) is 5.37. The van der Waals surface area contributed by atoms with Gasteiger partial charge >= 0.3 is 0 Å². The lowest BCUT2D eigenvalue weighted by Gasteiger charge is -2.03. The molecule has 3 heteroatoms. The van der Waals surface area contributed by atoms with Gasteiger partial charge < -0.3 is 4.74 Å². The summed E-state index contributed by atoms with van der Waals surface area (Å²) in [7, 11) is 1.62. The molecule has 4 aromatic rings. The Morgan fingerprint density at radius 1 is 0.826 bits per heavy atom. The highest BCUT2D eigenvalue weighted by molar-refractivity contribution is 7.25. The molecule has 23 heavy (non-hydrogen) atoms. The maximum absolute atomic E-state index is 12.7. The predicted molar refractivity (Wildman–Crippen MR) is 95.8 cm³/mol. The van der Waals surface area contributed by atoms with Gasteiger partial charge in [-0.1, -0.05) is 30.3 Å². The lowest BCUT2D eigenvalue weighted by atomic mass is 10.0. The molecule has 1 heterocycles. The quantitative estimate of drug-likeness (QED) is 0.479. The summed E-state index contributed by atoms with van der Waals surface area (Å²) in [6.07, 6.45) is 0. The van der Waals surface area contributed by atoms with E-state index in [-0.39, 0.29) is 5.78 Å². The maximum atomic E-state index is 12.7. The molecule has 0 aliphatic rings. The lowest BCUT2D eigenvalue weighted by molar-refractivity contribution is 0.103. The first-order chi connectivity index (χ1) is 11.3. The Labute approximate surface area is 137 Å². The minimum absolute atomic E-state index is 0.0343. The average molecular weight is 318 g/mol. The number of ketones is 1. The molecule has 0 saturated carbocycles. The summed E-state index contributed by atoms with van der Waals surface area (Å²) in [5, 5.41) is 2.45. The van der Waals surface area contributed by atoms with Crippen LogP contribution in [0.4, 0.5) is 0 Å². The SMILES string of the molecule is COc1ccc(C(=O)c2ccc3c(c2)sc2ccccc23)cc1. The van der Waals surface area contributed by atoms with E-state index < -0.39 is 0 Å². The van der Waals surface area contributed by atoms with Crippen LogP contribution in [-0.4, -0.2) is 12.9 Å². The van der Waals surface area contributed by atoms with Gasteiger partial charge in [0.15, 0.2) is 5.78 Å². The minimum atomic E-state index is 0.0343. The monoisotopic (exact) mass is 318 g/mol. The van der Waals surface area contributed by atoms with E-state index in [4.69, 9.17) is 4.74 Å². The molecule has 0 aliphatic carbocycles. The van der Waals surface area contributed by atoms with Crippen molar-refractivity contribution in [1.82, 2.24) is 0 Å². The summed E-state index contributed by atoms with van der Waals surface area (Å²) < 4.78 is 7.53. The first-order valence-corrected chi connectivity index (χ1v) is 8.18. The normalized spacial score (nSPS) is 11.0. The molecule has 1 aromatic heterocycles. The molecule has 2 nitrogen and oxygen atoms in total. The van der Waals surface area contributed by atoms with Gasteiger partial charge in [0.05, 0.1) is 7.11 Å². The molecule has 112 valence electrons. The van der Waals surface area contributed by atoms with Crippen LogP contribution in [0, 0.1) is 0 Å². The van der Waals surface area contributed by atoms with Crippen molar-refractivity contribution in [1.29, 1.82) is 0 Å². The van der Waals surface area contributed by atoms with Gasteiger partial charge in [0.25, 0.3) is 0 Å². The maximum Gasteiger partial charge on any atom is 0.193 e. The molecule has 0 spiro atoms. The molecule has 0 aliphatic heterocycles. The van der Waals surface area contributed by atoms with E-state index in [1.54, 1.807) is 30.6 Å². The van der Waals surface area contributed by atoms with E-state index in [0.29, 0.717) is 11.1 Å². The minimum Gasteiger partial charge on any atom is -0.497 e. The molecule has 0 amide bonds. The zero-order valence-electron chi connectivity index (χ0n) is 12.6. The van der Waals surface area contributed by atoms with Crippen LogP contribution < -0.4 is 4.74 Å². The third kappa shape index (κ3) is 2.39. The van der Waals surface area contributed by atoms with Crippen molar-refractivity contribution in [2.24, 2.45) is 0 Å². The number of fused-ring (bicyclic) bond motifs is 3. The van der Waals surface area contributed by atoms with E-state index >= 15 is 0 Å². The summed E-state index contributed by atoms with van der Waals surface area (Å²) in [6.45, 7) is 0. The largest absolute Gasteiger partial charge is 0.497 e. The first-order valence-electron chi connectivity index (χ1n) is 7.36. The van der Waals surface area contributed by atoms with Crippen molar-refractivity contribution < 1.29 is 9.53 Å². The standard InChI is InChI=1S/C20H14O2S/c1-22-15-9-6-13(7-10-15)20(21)14-8-11-17-16-4-2-3-5-18(16)23-19(17)12-14/h2-12H,1H3. The van der Waals surface area contributed by atoms with Gasteiger partial charge in [-0.3, -0.25) is 4.79 Å².